The summed E-state index contributed by atoms with van der Waals surface area (Å²) in [5.41, 5.74) is -0.458. The van der Waals surface area contributed by atoms with Gasteiger partial charge in [0, 0.05) is 18.8 Å². The predicted octanol–water partition coefficient (Wildman–Crippen LogP) is 6.39. The summed E-state index contributed by atoms with van der Waals surface area (Å²) < 4.78 is 38.9. The second kappa shape index (κ2) is 10.1. The third-order valence-corrected chi connectivity index (χ3v) is 5.47. The van der Waals surface area contributed by atoms with Gasteiger partial charge in [-0.05, 0) is 42.9 Å². The molecule has 0 radical (unpaired) electrons. The summed E-state index contributed by atoms with van der Waals surface area (Å²) in [5, 5.41) is 8.29. The Labute approximate surface area is 167 Å². The zero-order valence-corrected chi connectivity index (χ0v) is 16.2. The number of alkyl halides is 3. The molecule has 3 nitrogen and oxygen atoms in total. The molecule has 28 heavy (non-hydrogen) atoms. The zero-order valence-electron chi connectivity index (χ0n) is 15.5. The summed E-state index contributed by atoms with van der Waals surface area (Å²) >= 11 is 5.64. The monoisotopic (exact) mass is 416 g/mol. The number of carbonyl (C=O) groups excluding carboxylic acids is 1. The molecule has 1 fully saturated rings. The Bertz CT molecular complexity index is 728. The summed E-state index contributed by atoms with van der Waals surface area (Å²) in [6, 6.07) is 3.79. The molecule has 0 amide bonds. The second-order valence-electron chi connectivity index (χ2n) is 7.22. The van der Waals surface area contributed by atoms with Gasteiger partial charge >= 0.3 is 12.1 Å². The number of carboxylic acid groups (broad SMARTS) is 1. The number of carboxylic acids is 1. The maximum atomic E-state index is 13.0. The first-order valence-electron chi connectivity index (χ1n) is 9.48. The fourth-order valence-electron chi connectivity index (χ4n) is 3.63. The molecule has 1 N–H and O–H groups in total. The van der Waals surface area contributed by atoms with Crippen molar-refractivity contribution in [2.24, 2.45) is 11.8 Å². The first-order chi connectivity index (χ1) is 13.2. The summed E-state index contributed by atoms with van der Waals surface area (Å²) in [5.74, 6) is -0.680. The van der Waals surface area contributed by atoms with Crippen molar-refractivity contribution in [3.05, 3.63) is 40.4 Å². The van der Waals surface area contributed by atoms with Crippen molar-refractivity contribution >= 4 is 29.4 Å². The number of ketones is 1. The third kappa shape index (κ3) is 6.66. The number of benzene rings is 1. The van der Waals surface area contributed by atoms with Gasteiger partial charge in [-0.3, -0.25) is 9.59 Å². The largest absolute Gasteiger partial charge is 0.481 e. The molecule has 0 aromatic heterocycles. The standard InChI is InChI=1S/C21H24ClF3O3/c22-18-11-8-14(13-17(18)21(23,24)25)7-9-15-10-12-19(26)16(15)5-3-1-2-4-6-20(27)28/h7-9,11,13,15-16H,1-6,10,12H2,(H,27,28). The van der Waals surface area contributed by atoms with Crippen LogP contribution >= 0.6 is 11.6 Å². The third-order valence-electron chi connectivity index (χ3n) is 5.14. The van der Waals surface area contributed by atoms with E-state index < -0.39 is 17.7 Å². The van der Waals surface area contributed by atoms with Crippen LogP contribution < -0.4 is 0 Å². The van der Waals surface area contributed by atoms with Crippen LogP contribution in [0.2, 0.25) is 5.02 Å². The van der Waals surface area contributed by atoms with Gasteiger partial charge in [0.15, 0.2) is 0 Å². The molecule has 0 spiro atoms. The highest BCUT2D eigenvalue weighted by Crippen LogP contribution is 2.37. The molecule has 1 aliphatic carbocycles. The van der Waals surface area contributed by atoms with Crippen LogP contribution in [0.1, 0.15) is 62.5 Å². The van der Waals surface area contributed by atoms with E-state index in [4.69, 9.17) is 16.7 Å². The van der Waals surface area contributed by atoms with Crippen LogP contribution in [0.4, 0.5) is 13.2 Å². The SMILES string of the molecule is O=C(O)CCCCCCC1C(=O)CCC1C=Cc1ccc(Cl)c(C(F)(F)F)c1. The van der Waals surface area contributed by atoms with E-state index in [0.29, 0.717) is 24.8 Å². The van der Waals surface area contributed by atoms with Gasteiger partial charge in [0.05, 0.1) is 10.6 Å². The van der Waals surface area contributed by atoms with Gasteiger partial charge in [-0.15, -0.1) is 0 Å². The van der Waals surface area contributed by atoms with E-state index in [9.17, 15) is 22.8 Å². The van der Waals surface area contributed by atoms with Gasteiger partial charge in [0.1, 0.15) is 5.78 Å². The fraction of sp³-hybridized carbons (Fsp3) is 0.524. The summed E-state index contributed by atoms with van der Waals surface area (Å²) in [6.07, 6.45) is 4.23. The quantitative estimate of drug-likeness (QED) is 0.474. The average molecular weight is 417 g/mol. The lowest BCUT2D eigenvalue weighted by atomic mass is 9.89. The number of aliphatic carboxylic acids is 1. The van der Waals surface area contributed by atoms with Gasteiger partial charge in [-0.2, -0.15) is 13.2 Å². The smallest absolute Gasteiger partial charge is 0.417 e. The number of halogens is 4. The van der Waals surface area contributed by atoms with Crippen LogP contribution in [0.3, 0.4) is 0 Å². The molecule has 0 aliphatic heterocycles. The Morgan fingerprint density at radius 2 is 1.93 bits per heavy atom. The van der Waals surface area contributed by atoms with Crippen LogP contribution in [0, 0.1) is 11.8 Å². The number of hydrogen-bond acceptors (Lipinski definition) is 2. The van der Waals surface area contributed by atoms with Crippen LogP contribution in [-0.4, -0.2) is 16.9 Å². The summed E-state index contributed by atoms with van der Waals surface area (Å²) in [7, 11) is 0. The Kier molecular flexibility index (Phi) is 8.10. The molecule has 1 aliphatic rings. The first-order valence-corrected chi connectivity index (χ1v) is 9.85. The van der Waals surface area contributed by atoms with E-state index in [-0.39, 0.29) is 29.1 Å². The number of rotatable bonds is 9. The molecular weight excluding hydrogens is 393 g/mol. The molecule has 7 heteroatoms. The summed E-state index contributed by atoms with van der Waals surface area (Å²) in [4.78, 5) is 22.6. The van der Waals surface area contributed by atoms with E-state index in [1.165, 1.54) is 12.1 Å². The molecule has 2 unspecified atom stereocenters. The number of hydrogen-bond donors (Lipinski definition) is 1. The lowest BCUT2D eigenvalue weighted by molar-refractivity contribution is -0.138. The minimum Gasteiger partial charge on any atom is -0.481 e. The molecule has 154 valence electrons. The van der Waals surface area contributed by atoms with E-state index in [1.54, 1.807) is 6.08 Å². The number of allylic oxidation sites excluding steroid dienone is 1. The van der Waals surface area contributed by atoms with Crippen LogP contribution in [0.25, 0.3) is 6.08 Å². The van der Waals surface area contributed by atoms with Crippen molar-refractivity contribution in [3.63, 3.8) is 0 Å². The van der Waals surface area contributed by atoms with Gasteiger partial charge in [0.2, 0.25) is 0 Å². The van der Waals surface area contributed by atoms with Crippen molar-refractivity contribution < 1.29 is 27.9 Å². The van der Waals surface area contributed by atoms with Crippen molar-refractivity contribution in [1.82, 2.24) is 0 Å². The zero-order chi connectivity index (χ0) is 20.7. The summed E-state index contributed by atoms with van der Waals surface area (Å²) in [6.45, 7) is 0. The molecule has 2 rings (SSSR count). The maximum absolute atomic E-state index is 13.0. The highest BCUT2D eigenvalue weighted by molar-refractivity contribution is 6.31. The fourth-order valence-corrected chi connectivity index (χ4v) is 3.86. The highest BCUT2D eigenvalue weighted by Gasteiger charge is 2.34. The number of carbonyl (C=O) groups is 2. The van der Waals surface area contributed by atoms with Gasteiger partial charge in [0.25, 0.3) is 0 Å². The predicted molar refractivity (Wildman–Crippen MR) is 102 cm³/mol. The maximum Gasteiger partial charge on any atom is 0.417 e. The Hall–Kier alpha value is -1.82. The molecule has 2 atom stereocenters. The Morgan fingerprint density at radius 1 is 1.21 bits per heavy atom. The van der Waals surface area contributed by atoms with E-state index in [2.05, 4.69) is 0 Å². The first kappa shape index (κ1) is 22.5. The lowest BCUT2D eigenvalue weighted by Gasteiger charge is -2.15. The van der Waals surface area contributed by atoms with Gasteiger partial charge < -0.3 is 5.11 Å². The normalized spacial score (nSPS) is 20.2. The van der Waals surface area contributed by atoms with Crippen LogP contribution in [0.15, 0.2) is 24.3 Å². The number of unbranched alkanes of at least 4 members (excludes halogenated alkanes) is 3. The Morgan fingerprint density at radius 3 is 2.61 bits per heavy atom. The number of Topliss-reactive ketones (excluding diaryl/α,β-unsaturated/α-hetero) is 1. The molecule has 0 saturated heterocycles. The minimum absolute atomic E-state index is 0.0246. The van der Waals surface area contributed by atoms with E-state index >= 15 is 0 Å². The molecule has 1 aromatic carbocycles. The van der Waals surface area contributed by atoms with Crippen molar-refractivity contribution in [1.29, 1.82) is 0 Å². The van der Waals surface area contributed by atoms with Crippen LogP contribution in [0.5, 0.6) is 0 Å². The lowest BCUT2D eigenvalue weighted by Crippen LogP contribution is -2.13. The molecule has 0 bridgehead atoms. The van der Waals surface area contributed by atoms with E-state index in [1.807, 2.05) is 6.08 Å². The highest BCUT2D eigenvalue weighted by atomic mass is 35.5. The van der Waals surface area contributed by atoms with E-state index in [0.717, 1.165) is 31.7 Å². The van der Waals surface area contributed by atoms with Crippen molar-refractivity contribution in [2.75, 3.05) is 0 Å². The molecular formula is C21H24ClF3O3. The van der Waals surface area contributed by atoms with Crippen LogP contribution in [-0.2, 0) is 15.8 Å². The second-order valence-corrected chi connectivity index (χ2v) is 7.63. The molecule has 0 heterocycles. The molecule has 1 aromatic rings. The Balaban J connectivity index is 1.93. The minimum atomic E-state index is -4.51. The van der Waals surface area contributed by atoms with Gasteiger partial charge in [-0.1, -0.05) is 49.1 Å². The van der Waals surface area contributed by atoms with Gasteiger partial charge in [-0.25, -0.2) is 0 Å². The molecule has 1 saturated carbocycles. The average Bonchev–Trinajstić information content (AvgIpc) is 2.96. The van der Waals surface area contributed by atoms with Crippen molar-refractivity contribution in [3.8, 4) is 0 Å². The van der Waals surface area contributed by atoms with Crippen molar-refractivity contribution in [2.45, 2.75) is 57.5 Å². The topological polar surface area (TPSA) is 54.4 Å².